The Morgan fingerprint density at radius 3 is 2.18 bits per heavy atom. The lowest BCUT2D eigenvalue weighted by Gasteiger charge is -2.40. The smallest absolute Gasteiger partial charge is 0.416 e. The van der Waals surface area contributed by atoms with Gasteiger partial charge in [-0.15, -0.1) is 0 Å². The fraction of sp³-hybridized carbons (Fsp3) is 0.375. The van der Waals surface area contributed by atoms with E-state index in [1.165, 1.54) is 12.1 Å². The van der Waals surface area contributed by atoms with Gasteiger partial charge in [0.15, 0.2) is 5.90 Å². The number of hydrogen-bond acceptors (Lipinski definition) is 7. The van der Waals surface area contributed by atoms with Crippen LogP contribution in [0.3, 0.4) is 0 Å². The number of benzene rings is 2. The number of sulfone groups is 1. The summed E-state index contributed by atoms with van der Waals surface area (Å²) in [6.45, 7) is -0.0109. The van der Waals surface area contributed by atoms with Crippen molar-refractivity contribution in [3.05, 3.63) is 81.7 Å². The SMILES string of the molecule is CS(=O)(=O)C1=CC(c2ccc(F)cc2)N(O)C(Cc2cc(C(F)(F)F)cc(C(F)(F)F)c2)C2CNCN=C2O1. The van der Waals surface area contributed by atoms with Crippen molar-refractivity contribution in [3.8, 4) is 0 Å². The predicted octanol–water partition coefficient (Wildman–Crippen LogP) is 4.70. The molecule has 7 nitrogen and oxygen atoms in total. The molecule has 4 rings (SSSR count). The zero-order chi connectivity index (χ0) is 28.8. The van der Waals surface area contributed by atoms with Crippen molar-refractivity contribution in [3.63, 3.8) is 0 Å². The molecule has 2 aliphatic rings. The number of hydroxylamine groups is 2. The van der Waals surface area contributed by atoms with E-state index in [4.69, 9.17) is 4.74 Å². The molecule has 2 N–H and O–H groups in total. The molecule has 0 spiro atoms. The number of nitrogens with one attached hydrogen (secondary N) is 1. The van der Waals surface area contributed by atoms with E-state index in [1.54, 1.807) is 0 Å². The highest BCUT2D eigenvalue weighted by molar-refractivity contribution is 7.94. The van der Waals surface area contributed by atoms with Crippen molar-refractivity contribution in [2.45, 2.75) is 30.9 Å². The lowest BCUT2D eigenvalue weighted by atomic mass is 9.88. The number of ether oxygens (including phenoxy) is 1. The summed E-state index contributed by atoms with van der Waals surface area (Å²) in [5.74, 6) is -1.81. The fourth-order valence-electron chi connectivity index (χ4n) is 4.42. The number of nitrogens with zero attached hydrogens (tertiary/aromatic N) is 2. The maximum atomic E-state index is 13.6. The standard InChI is InChI=1S/C24H22F7N3O4S/c1-39(36,37)21-10-19(14-2-4-17(25)5-3-14)34(35)20(18-11-32-12-33-22(18)38-21)8-13-6-15(23(26,27)28)9-16(7-13)24(29,30)31/h2-7,9-10,18-20,32,35H,8,11-12H2,1H3. The molecule has 2 heterocycles. The van der Waals surface area contributed by atoms with Crippen LogP contribution in [0.2, 0.25) is 0 Å². The van der Waals surface area contributed by atoms with Gasteiger partial charge in [0, 0.05) is 12.8 Å². The number of rotatable bonds is 4. The number of aliphatic imine (C=N–C) groups is 1. The van der Waals surface area contributed by atoms with Crippen LogP contribution in [-0.4, -0.2) is 50.1 Å². The van der Waals surface area contributed by atoms with Crippen molar-refractivity contribution >= 4 is 15.7 Å². The predicted molar refractivity (Wildman–Crippen MR) is 125 cm³/mol. The first-order valence-electron chi connectivity index (χ1n) is 11.4. The maximum absolute atomic E-state index is 13.6. The molecule has 0 saturated carbocycles. The Morgan fingerprint density at radius 1 is 1.05 bits per heavy atom. The van der Waals surface area contributed by atoms with Crippen LogP contribution in [0.1, 0.15) is 28.3 Å². The van der Waals surface area contributed by atoms with Gasteiger partial charge in [0.1, 0.15) is 5.82 Å². The molecule has 3 unspecified atom stereocenters. The van der Waals surface area contributed by atoms with Gasteiger partial charge in [-0.2, -0.15) is 31.4 Å². The largest absolute Gasteiger partial charge is 0.431 e. The number of fused-ring (bicyclic) bond motifs is 1. The van der Waals surface area contributed by atoms with Crippen LogP contribution >= 0.6 is 0 Å². The van der Waals surface area contributed by atoms with Crippen molar-refractivity contribution in [1.82, 2.24) is 10.4 Å². The molecule has 212 valence electrons. The summed E-state index contributed by atoms with van der Waals surface area (Å²) in [4.78, 5) is 4.10. The van der Waals surface area contributed by atoms with E-state index in [0.717, 1.165) is 24.5 Å². The summed E-state index contributed by atoms with van der Waals surface area (Å²) >= 11 is 0. The quantitative estimate of drug-likeness (QED) is 0.509. The van der Waals surface area contributed by atoms with Gasteiger partial charge < -0.3 is 9.94 Å². The van der Waals surface area contributed by atoms with E-state index in [2.05, 4.69) is 10.3 Å². The van der Waals surface area contributed by atoms with E-state index >= 15 is 0 Å². The molecular formula is C24H22F7N3O4S. The third kappa shape index (κ3) is 6.59. The summed E-state index contributed by atoms with van der Waals surface area (Å²) in [6, 6.07) is 3.11. The molecule has 39 heavy (non-hydrogen) atoms. The monoisotopic (exact) mass is 581 g/mol. The summed E-state index contributed by atoms with van der Waals surface area (Å²) < 4.78 is 125. The second-order valence-corrected chi connectivity index (χ2v) is 11.1. The van der Waals surface area contributed by atoms with Crippen LogP contribution in [0, 0.1) is 11.7 Å². The fourth-order valence-corrected chi connectivity index (χ4v) is 5.04. The Balaban J connectivity index is 1.87. The molecule has 0 aliphatic carbocycles. The van der Waals surface area contributed by atoms with Gasteiger partial charge in [-0.1, -0.05) is 12.1 Å². The zero-order valence-electron chi connectivity index (χ0n) is 20.1. The Labute approximate surface area is 218 Å². The van der Waals surface area contributed by atoms with E-state index < -0.39 is 74.2 Å². The first kappa shape index (κ1) is 29.0. The van der Waals surface area contributed by atoms with E-state index in [0.29, 0.717) is 17.2 Å². The van der Waals surface area contributed by atoms with Crippen LogP contribution in [0.4, 0.5) is 30.7 Å². The normalized spacial score (nSPS) is 23.2. The minimum absolute atomic E-state index is 0.00104. The zero-order valence-corrected chi connectivity index (χ0v) is 20.9. The third-order valence-corrected chi connectivity index (χ3v) is 7.24. The number of halogens is 7. The molecule has 0 saturated heterocycles. The Hall–Kier alpha value is -3.01. The van der Waals surface area contributed by atoms with Crippen LogP contribution in [-0.2, 0) is 33.3 Å². The van der Waals surface area contributed by atoms with Crippen molar-refractivity contribution < 1.29 is 49.1 Å². The second kappa shape index (κ2) is 10.5. The molecule has 2 aliphatic heterocycles. The molecular weight excluding hydrogens is 559 g/mol. The minimum atomic E-state index is -5.08. The van der Waals surface area contributed by atoms with Crippen LogP contribution < -0.4 is 5.32 Å². The Morgan fingerprint density at radius 2 is 1.64 bits per heavy atom. The molecule has 3 atom stereocenters. The second-order valence-electron chi connectivity index (χ2n) is 9.14. The van der Waals surface area contributed by atoms with Crippen LogP contribution in [0.5, 0.6) is 0 Å². The van der Waals surface area contributed by atoms with Gasteiger partial charge >= 0.3 is 12.4 Å². The van der Waals surface area contributed by atoms with Crippen molar-refractivity contribution in [2.75, 3.05) is 19.5 Å². The molecule has 0 aromatic heterocycles. The Kier molecular flexibility index (Phi) is 7.82. The molecule has 15 heteroatoms. The molecule has 0 amide bonds. The van der Waals surface area contributed by atoms with Gasteiger partial charge in [-0.05, 0) is 54.0 Å². The lowest BCUT2D eigenvalue weighted by molar-refractivity contribution is -0.160. The third-order valence-electron chi connectivity index (χ3n) is 6.29. The molecule has 2 aromatic carbocycles. The van der Waals surface area contributed by atoms with Gasteiger partial charge in [-0.3, -0.25) is 5.32 Å². The minimum Gasteiger partial charge on any atom is -0.431 e. The van der Waals surface area contributed by atoms with Crippen LogP contribution in [0.25, 0.3) is 0 Å². The Bertz CT molecular complexity index is 1360. The topological polar surface area (TPSA) is 91.2 Å². The maximum Gasteiger partial charge on any atom is 0.416 e. The highest BCUT2D eigenvalue weighted by Crippen LogP contribution is 2.38. The number of hydrogen-bond donors (Lipinski definition) is 2. The highest BCUT2D eigenvalue weighted by atomic mass is 32.2. The van der Waals surface area contributed by atoms with Crippen LogP contribution in [0.15, 0.2) is 58.6 Å². The first-order valence-corrected chi connectivity index (χ1v) is 13.3. The molecule has 0 bridgehead atoms. The highest BCUT2D eigenvalue weighted by Gasteiger charge is 2.42. The van der Waals surface area contributed by atoms with E-state index in [1.807, 2.05) is 0 Å². The van der Waals surface area contributed by atoms with Gasteiger partial charge in [-0.25, -0.2) is 17.8 Å². The van der Waals surface area contributed by atoms with E-state index in [-0.39, 0.29) is 30.7 Å². The van der Waals surface area contributed by atoms with Gasteiger partial charge in [0.2, 0.25) is 14.9 Å². The summed E-state index contributed by atoms with van der Waals surface area (Å²) in [5, 5.41) is 14.3. The van der Waals surface area contributed by atoms with E-state index in [9.17, 15) is 44.4 Å². The van der Waals surface area contributed by atoms with Gasteiger partial charge in [0.25, 0.3) is 0 Å². The molecule has 0 radical (unpaired) electrons. The molecule has 0 fully saturated rings. The summed E-state index contributed by atoms with van der Waals surface area (Å²) in [5.41, 5.74) is -3.26. The van der Waals surface area contributed by atoms with Crippen molar-refractivity contribution in [2.24, 2.45) is 10.9 Å². The molecule has 2 aromatic rings. The average Bonchev–Trinajstić information content (AvgIpc) is 2.83. The van der Waals surface area contributed by atoms with Gasteiger partial charge in [0.05, 0.1) is 35.8 Å². The summed E-state index contributed by atoms with van der Waals surface area (Å²) in [6.07, 6.45) is -8.84. The summed E-state index contributed by atoms with van der Waals surface area (Å²) in [7, 11) is -4.03. The first-order chi connectivity index (χ1) is 18.0. The number of alkyl halides is 6. The lowest BCUT2D eigenvalue weighted by Crippen LogP contribution is -2.52. The van der Waals surface area contributed by atoms with Crippen molar-refractivity contribution in [1.29, 1.82) is 0 Å². The average molecular weight is 582 g/mol.